The minimum Gasteiger partial charge on any atom is -0.495 e. The van der Waals surface area contributed by atoms with Crippen LogP contribution in [0.3, 0.4) is 0 Å². The Morgan fingerprint density at radius 1 is 1.33 bits per heavy atom. The van der Waals surface area contributed by atoms with Crippen LogP contribution in [0.1, 0.15) is 43.7 Å². The van der Waals surface area contributed by atoms with E-state index in [4.69, 9.17) is 14.7 Å². The van der Waals surface area contributed by atoms with Gasteiger partial charge in [0.15, 0.2) is 0 Å². The monoisotopic (exact) mass is 287 g/mol. The molecule has 112 valence electrons. The first-order valence-corrected chi connectivity index (χ1v) is 7.14. The van der Waals surface area contributed by atoms with Crippen molar-refractivity contribution in [3.63, 3.8) is 0 Å². The Balaban J connectivity index is 2.57. The zero-order valence-electron chi connectivity index (χ0n) is 12.6. The lowest BCUT2D eigenvalue weighted by Crippen LogP contribution is -2.02. The Hall–Kier alpha value is -2.28. The van der Waals surface area contributed by atoms with Gasteiger partial charge >= 0.3 is 5.97 Å². The van der Waals surface area contributed by atoms with Crippen LogP contribution in [-0.4, -0.2) is 19.7 Å². The lowest BCUT2D eigenvalue weighted by atomic mass is 10.1. The van der Waals surface area contributed by atoms with Crippen LogP contribution < -0.4 is 4.74 Å². The predicted octanol–water partition coefficient (Wildman–Crippen LogP) is 3.70. The highest BCUT2D eigenvalue weighted by Crippen LogP contribution is 2.22. The van der Waals surface area contributed by atoms with Crippen LogP contribution in [0.2, 0.25) is 0 Å². The van der Waals surface area contributed by atoms with Crippen LogP contribution in [-0.2, 0) is 9.53 Å². The standard InChI is InChI=1S/C17H21NO3/c1-3-4-5-6-12-21-17(19)11-10-14-8-7-9-16(20-2)15(14)13-18/h7-11H,3-6,12H2,1-2H3/b11-10+. The molecule has 0 atom stereocenters. The summed E-state index contributed by atoms with van der Waals surface area (Å²) in [5, 5.41) is 9.14. The number of carbonyl (C=O) groups is 1. The van der Waals surface area contributed by atoms with Crippen molar-refractivity contribution in [2.45, 2.75) is 32.6 Å². The maximum atomic E-state index is 11.6. The molecule has 0 unspecified atom stereocenters. The van der Waals surface area contributed by atoms with Crippen molar-refractivity contribution in [3.05, 3.63) is 35.4 Å². The molecular formula is C17H21NO3. The number of hydrogen-bond donors (Lipinski definition) is 0. The van der Waals surface area contributed by atoms with Gasteiger partial charge in [-0.05, 0) is 24.1 Å². The van der Waals surface area contributed by atoms with E-state index in [2.05, 4.69) is 13.0 Å². The number of esters is 1. The molecule has 0 aliphatic carbocycles. The second kappa shape index (κ2) is 9.60. The molecule has 0 amide bonds. The molecule has 1 rings (SSSR count). The zero-order valence-corrected chi connectivity index (χ0v) is 12.6. The van der Waals surface area contributed by atoms with Gasteiger partial charge in [-0.2, -0.15) is 5.26 Å². The number of ether oxygens (including phenoxy) is 2. The van der Waals surface area contributed by atoms with Crippen molar-refractivity contribution < 1.29 is 14.3 Å². The van der Waals surface area contributed by atoms with Gasteiger partial charge in [-0.25, -0.2) is 4.79 Å². The fourth-order valence-corrected chi connectivity index (χ4v) is 1.88. The number of unbranched alkanes of at least 4 members (excludes halogenated alkanes) is 3. The number of benzene rings is 1. The van der Waals surface area contributed by atoms with Crippen LogP contribution in [0.4, 0.5) is 0 Å². The highest BCUT2D eigenvalue weighted by molar-refractivity contribution is 5.87. The van der Waals surface area contributed by atoms with Crippen molar-refractivity contribution in [3.8, 4) is 11.8 Å². The predicted molar refractivity (Wildman–Crippen MR) is 81.8 cm³/mol. The maximum absolute atomic E-state index is 11.6. The number of nitrogens with zero attached hydrogens (tertiary/aromatic N) is 1. The fourth-order valence-electron chi connectivity index (χ4n) is 1.88. The second-order valence-corrected chi connectivity index (χ2v) is 4.60. The maximum Gasteiger partial charge on any atom is 0.330 e. The first-order chi connectivity index (χ1) is 10.2. The summed E-state index contributed by atoms with van der Waals surface area (Å²) in [5.74, 6) is 0.103. The van der Waals surface area contributed by atoms with Gasteiger partial charge in [0.25, 0.3) is 0 Å². The Morgan fingerprint density at radius 3 is 2.81 bits per heavy atom. The van der Waals surface area contributed by atoms with Crippen LogP contribution in [0.25, 0.3) is 6.08 Å². The van der Waals surface area contributed by atoms with E-state index in [0.717, 1.165) is 25.7 Å². The number of hydrogen-bond acceptors (Lipinski definition) is 4. The van der Waals surface area contributed by atoms with Crippen molar-refractivity contribution in [2.75, 3.05) is 13.7 Å². The van der Waals surface area contributed by atoms with E-state index in [-0.39, 0.29) is 0 Å². The Bertz CT molecular complexity index is 529. The summed E-state index contributed by atoms with van der Waals surface area (Å²) < 4.78 is 10.2. The minimum atomic E-state index is -0.391. The van der Waals surface area contributed by atoms with Crippen LogP contribution >= 0.6 is 0 Å². The van der Waals surface area contributed by atoms with Crippen LogP contribution in [0.15, 0.2) is 24.3 Å². The molecule has 0 aliphatic heterocycles. The third kappa shape index (κ3) is 5.70. The molecule has 0 saturated carbocycles. The summed E-state index contributed by atoms with van der Waals surface area (Å²) in [4.78, 5) is 11.6. The molecule has 0 aromatic heterocycles. The average Bonchev–Trinajstić information content (AvgIpc) is 2.52. The second-order valence-electron chi connectivity index (χ2n) is 4.60. The normalized spacial score (nSPS) is 10.3. The molecular weight excluding hydrogens is 266 g/mol. The number of methoxy groups -OCH3 is 1. The third-order valence-corrected chi connectivity index (χ3v) is 3.03. The van der Waals surface area contributed by atoms with Gasteiger partial charge in [0.1, 0.15) is 17.4 Å². The first kappa shape index (κ1) is 16.8. The number of nitriles is 1. The minimum absolute atomic E-state index is 0.391. The highest BCUT2D eigenvalue weighted by atomic mass is 16.5. The van der Waals surface area contributed by atoms with Gasteiger partial charge in [0, 0.05) is 6.08 Å². The Morgan fingerprint density at radius 2 is 2.14 bits per heavy atom. The summed E-state index contributed by atoms with van der Waals surface area (Å²) in [7, 11) is 1.51. The summed E-state index contributed by atoms with van der Waals surface area (Å²) in [5.41, 5.74) is 1.05. The lowest BCUT2D eigenvalue weighted by molar-refractivity contribution is -0.137. The lowest BCUT2D eigenvalue weighted by Gasteiger charge is -2.05. The topological polar surface area (TPSA) is 59.3 Å². The van der Waals surface area contributed by atoms with Crippen molar-refractivity contribution >= 4 is 12.0 Å². The van der Waals surface area contributed by atoms with Gasteiger partial charge in [-0.15, -0.1) is 0 Å². The number of carbonyl (C=O) groups excluding carboxylic acids is 1. The van der Waals surface area contributed by atoms with E-state index < -0.39 is 5.97 Å². The molecule has 0 fully saturated rings. The summed E-state index contributed by atoms with van der Waals surface area (Å²) in [6, 6.07) is 7.32. The molecule has 0 radical (unpaired) electrons. The SMILES string of the molecule is CCCCCCOC(=O)/C=C/c1cccc(OC)c1C#N. The summed E-state index contributed by atoms with van der Waals surface area (Å²) in [6.07, 6.45) is 7.19. The molecule has 0 heterocycles. The number of rotatable bonds is 8. The van der Waals surface area contributed by atoms with Gasteiger partial charge in [0.05, 0.1) is 13.7 Å². The molecule has 0 spiro atoms. The van der Waals surface area contributed by atoms with Crippen molar-refractivity contribution in [1.82, 2.24) is 0 Å². The average molecular weight is 287 g/mol. The smallest absolute Gasteiger partial charge is 0.330 e. The zero-order chi connectivity index (χ0) is 15.5. The van der Waals surface area contributed by atoms with Gasteiger partial charge in [-0.1, -0.05) is 38.3 Å². The molecule has 0 N–H and O–H groups in total. The van der Waals surface area contributed by atoms with E-state index in [0.29, 0.717) is 23.5 Å². The molecule has 4 nitrogen and oxygen atoms in total. The highest BCUT2D eigenvalue weighted by Gasteiger charge is 2.06. The molecule has 4 heteroatoms. The molecule has 0 bridgehead atoms. The van der Waals surface area contributed by atoms with Crippen LogP contribution in [0.5, 0.6) is 5.75 Å². The molecule has 0 aliphatic rings. The molecule has 1 aromatic carbocycles. The van der Waals surface area contributed by atoms with E-state index in [1.165, 1.54) is 13.2 Å². The molecule has 21 heavy (non-hydrogen) atoms. The van der Waals surface area contributed by atoms with E-state index in [9.17, 15) is 4.79 Å². The summed E-state index contributed by atoms with van der Waals surface area (Å²) in [6.45, 7) is 2.57. The summed E-state index contributed by atoms with van der Waals surface area (Å²) >= 11 is 0. The van der Waals surface area contributed by atoms with Gasteiger partial charge in [0.2, 0.25) is 0 Å². The Kier molecular flexibility index (Phi) is 7.67. The van der Waals surface area contributed by atoms with Crippen molar-refractivity contribution in [2.24, 2.45) is 0 Å². The fraction of sp³-hybridized carbons (Fsp3) is 0.412. The molecule has 1 aromatic rings. The van der Waals surface area contributed by atoms with Crippen molar-refractivity contribution in [1.29, 1.82) is 5.26 Å². The first-order valence-electron chi connectivity index (χ1n) is 7.14. The third-order valence-electron chi connectivity index (χ3n) is 3.03. The quantitative estimate of drug-likeness (QED) is 0.415. The molecule has 0 saturated heterocycles. The largest absolute Gasteiger partial charge is 0.495 e. The van der Waals surface area contributed by atoms with E-state index in [1.807, 2.05) is 0 Å². The van der Waals surface area contributed by atoms with Crippen LogP contribution in [0, 0.1) is 11.3 Å². The Labute approximate surface area is 126 Å². The van der Waals surface area contributed by atoms with E-state index in [1.54, 1.807) is 24.3 Å². The van der Waals surface area contributed by atoms with E-state index >= 15 is 0 Å². The van der Waals surface area contributed by atoms with Gasteiger partial charge in [-0.3, -0.25) is 0 Å². The van der Waals surface area contributed by atoms with Gasteiger partial charge < -0.3 is 9.47 Å².